The first-order chi connectivity index (χ1) is 15.5. The van der Waals surface area contributed by atoms with Gasteiger partial charge < -0.3 is 10.1 Å². The van der Waals surface area contributed by atoms with Gasteiger partial charge in [-0.1, -0.05) is 43.3 Å². The molecule has 2 aliphatic carbocycles. The smallest absolute Gasteiger partial charge is 0.255 e. The molecule has 0 radical (unpaired) electrons. The molecule has 1 heterocycles. The van der Waals surface area contributed by atoms with Crippen molar-refractivity contribution in [2.75, 3.05) is 13.2 Å². The van der Waals surface area contributed by atoms with Gasteiger partial charge in [-0.15, -0.1) is 0 Å². The van der Waals surface area contributed by atoms with E-state index < -0.39 is 11.8 Å². The molecule has 2 fully saturated rings. The quantitative estimate of drug-likeness (QED) is 0.545. The first-order valence-electron chi connectivity index (χ1n) is 11.8. The van der Waals surface area contributed by atoms with Crippen LogP contribution in [0.5, 0.6) is 5.75 Å². The highest BCUT2D eigenvalue weighted by molar-refractivity contribution is 5.37. The number of alkyl halides is 2. The van der Waals surface area contributed by atoms with Crippen molar-refractivity contribution in [3.63, 3.8) is 0 Å². The lowest BCUT2D eigenvalue weighted by molar-refractivity contribution is 0.0856. The van der Waals surface area contributed by atoms with Crippen LogP contribution in [0, 0.1) is 11.8 Å². The van der Waals surface area contributed by atoms with Crippen LogP contribution >= 0.6 is 0 Å². The number of halogens is 2. The molecule has 5 heteroatoms. The van der Waals surface area contributed by atoms with Gasteiger partial charge in [0.25, 0.3) is 5.92 Å². The number of ether oxygens (including phenoxy) is 1. The Morgan fingerprint density at radius 1 is 1.09 bits per heavy atom. The zero-order chi connectivity index (χ0) is 22.1. The molecule has 0 spiro atoms. The van der Waals surface area contributed by atoms with Crippen molar-refractivity contribution >= 4 is 0 Å². The third-order valence-electron chi connectivity index (χ3n) is 7.22. The minimum Gasteiger partial charge on any atom is -0.493 e. The minimum absolute atomic E-state index is 0.0415. The number of hydrogen-bond donors (Lipinski definition) is 1. The third-order valence-corrected chi connectivity index (χ3v) is 7.22. The molecule has 2 saturated carbocycles. The van der Waals surface area contributed by atoms with Gasteiger partial charge in [-0.3, -0.25) is 4.90 Å². The summed E-state index contributed by atoms with van der Waals surface area (Å²) < 4.78 is 31.7. The molecule has 0 saturated heterocycles. The average Bonchev–Trinajstić information content (AvgIpc) is 3.37. The summed E-state index contributed by atoms with van der Waals surface area (Å²) in [7, 11) is 0. The molecule has 1 unspecified atom stereocenters. The van der Waals surface area contributed by atoms with Gasteiger partial charge in [0.05, 0.1) is 12.5 Å². The molecule has 1 aliphatic heterocycles. The van der Waals surface area contributed by atoms with Crippen molar-refractivity contribution in [3.8, 4) is 5.75 Å². The van der Waals surface area contributed by atoms with Crippen LogP contribution < -0.4 is 10.1 Å². The Bertz CT molecular complexity index is 968. The Balaban J connectivity index is 1.10. The van der Waals surface area contributed by atoms with E-state index in [1.807, 2.05) is 12.1 Å². The zero-order valence-electron chi connectivity index (χ0n) is 18.6. The first kappa shape index (κ1) is 21.4. The fourth-order valence-electron chi connectivity index (χ4n) is 4.60. The summed E-state index contributed by atoms with van der Waals surface area (Å²) in [5.41, 5.74) is 6.37. The highest BCUT2D eigenvalue weighted by Crippen LogP contribution is 2.48. The van der Waals surface area contributed by atoms with Gasteiger partial charge in [0.2, 0.25) is 0 Å². The van der Waals surface area contributed by atoms with Gasteiger partial charge in [0, 0.05) is 38.3 Å². The topological polar surface area (TPSA) is 24.5 Å². The van der Waals surface area contributed by atoms with Crippen molar-refractivity contribution in [1.82, 2.24) is 10.2 Å². The predicted molar refractivity (Wildman–Crippen MR) is 123 cm³/mol. The molecule has 170 valence electrons. The van der Waals surface area contributed by atoms with E-state index in [4.69, 9.17) is 4.74 Å². The van der Waals surface area contributed by atoms with Gasteiger partial charge in [0.15, 0.2) is 0 Å². The molecule has 32 heavy (non-hydrogen) atoms. The van der Waals surface area contributed by atoms with Gasteiger partial charge in [-0.2, -0.15) is 0 Å². The van der Waals surface area contributed by atoms with Gasteiger partial charge in [0.1, 0.15) is 5.75 Å². The normalized spacial score (nSPS) is 22.0. The Morgan fingerprint density at radius 2 is 1.84 bits per heavy atom. The number of allylic oxidation sites excluding steroid dienone is 1. The number of hydrogen-bond acceptors (Lipinski definition) is 3. The second-order valence-corrected chi connectivity index (χ2v) is 9.69. The Labute approximate surface area is 189 Å². The summed E-state index contributed by atoms with van der Waals surface area (Å²) in [6.45, 7) is 7.95. The number of fused-ring (bicyclic) bond motifs is 1. The molecule has 1 N–H and O–H groups in total. The summed E-state index contributed by atoms with van der Waals surface area (Å²) in [5, 5.41) is 3.49. The fraction of sp³-hybridized carbons (Fsp3) is 0.481. The van der Waals surface area contributed by atoms with Crippen molar-refractivity contribution in [2.45, 2.75) is 57.7 Å². The van der Waals surface area contributed by atoms with Gasteiger partial charge >= 0.3 is 0 Å². The number of benzene rings is 2. The molecule has 3 nitrogen and oxygen atoms in total. The van der Waals surface area contributed by atoms with Gasteiger partial charge in [-0.25, -0.2) is 8.78 Å². The van der Waals surface area contributed by atoms with Crippen LogP contribution in [-0.4, -0.2) is 24.0 Å². The molecule has 2 aromatic carbocycles. The summed E-state index contributed by atoms with van der Waals surface area (Å²) >= 11 is 0. The van der Waals surface area contributed by atoms with Crippen molar-refractivity contribution in [3.05, 3.63) is 77.0 Å². The monoisotopic (exact) mass is 438 g/mol. The average molecular weight is 439 g/mol. The van der Waals surface area contributed by atoms with E-state index in [1.54, 1.807) is 0 Å². The SMILES string of the molecule is C=C(NCc1ccc(CN2CCc3cc(OCC4CC4(F)F)ccc3C2)cc1)C1CCC1. The van der Waals surface area contributed by atoms with E-state index in [1.165, 1.54) is 47.2 Å². The van der Waals surface area contributed by atoms with Crippen molar-refractivity contribution in [2.24, 2.45) is 11.8 Å². The molecular formula is C27H32F2N2O. The number of rotatable bonds is 9. The van der Waals surface area contributed by atoms with Crippen LogP contribution in [-0.2, 0) is 26.1 Å². The predicted octanol–water partition coefficient (Wildman–Crippen LogP) is 5.68. The van der Waals surface area contributed by atoms with Crippen LogP contribution in [0.4, 0.5) is 8.78 Å². The highest BCUT2D eigenvalue weighted by atomic mass is 19.3. The lowest BCUT2D eigenvalue weighted by Gasteiger charge is -2.29. The van der Waals surface area contributed by atoms with Crippen LogP contribution in [0.1, 0.15) is 47.9 Å². The minimum atomic E-state index is -2.52. The van der Waals surface area contributed by atoms with Crippen LogP contribution in [0.25, 0.3) is 0 Å². The maximum atomic E-state index is 13.0. The second-order valence-electron chi connectivity index (χ2n) is 9.69. The maximum absolute atomic E-state index is 13.0. The van der Waals surface area contributed by atoms with E-state index in [9.17, 15) is 8.78 Å². The maximum Gasteiger partial charge on any atom is 0.255 e. The summed E-state index contributed by atoms with van der Waals surface area (Å²) in [6, 6.07) is 14.9. The Morgan fingerprint density at radius 3 is 2.53 bits per heavy atom. The summed E-state index contributed by atoms with van der Waals surface area (Å²) in [5.74, 6) is -1.75. The Kier molecular flexibility index (Phi) is 5.93. The highest BCUT2D eigenvalue weighted by Gasteiger charge is 2.57. The van der Waals surface area contributed by atoms with E-state index in [0.29, 0.717) is 11.7 Å². The number of nitrogens with one attached hydrogen (secondary N) is 1. The third kappa shape index (κ3) is 4.98. The molecular weight excluding hydrogens is 406 g/mol. The van der Waals surface area contributed by atoms with E-state index in [0.717, 1.165) is 32.6 Å². The van der Waals surface area contributed by atoms with Crippen molar-refractivity contribution in [1.29, 1.82) is 0 Å². The summed E-state index contributed by atoms with van der Waals surface area (Å²) in [6.07, 6.45) is 4.80. The lowest BCUT2D eigenvalue weighted by atomic mass is 9.83. The van der Waals surface area contributed by atoms with Crippen LogP contribution in [0.3, 0.4) is 0 Å². The van der Waals surface area contributed by atoms with Gasteiger partial charge in [-0.05, 0) is 59.6 Å². The molecule has 0 aromatic heterocycles. The summed E-state index contributed by atoms with van der Waals surface area (Å²) in [4.78, 5) is 2.46. The number of nitrogens with zero attached hydrogens (tertiary/aromatic N) is 1. The molecule has 1 atom stereocenters. The van der Waals surface area contributed by atoms with Crippen LogP contribution in [0.15, 0.2) is 54.7 Å². The molecule has 0 amide bonds. The fourth-order valence-corrected chi connectivity index (χ4v) is 4.60. The molecule has 3 aliphatic rings. The largest absolute Gasteiger partial charge is 0.493 e. The van der Waals surface area contributed by atoms with E-state index in [2.05, 4.69) is 47.1 Å². The standard InChI is InChI=1S/C27H32F2N2O/c1-19(22-3-2-4-22)30-15-20-5-7-21(8-6-20)16-31-12-11-23-13-26(10-9-24(23)17-31)32-18-25-14-27(25,28)29/h5-10,13,22,25,30H,1-4,11-12,14-18H2. The van der Waals surface area contributed by atoms with Crippen molar-refractivity contribution < 1.29 is 13.5 Å². The van der Waals surface area contributed by atoms with E-state index >= 15 is 0 Å². The Hall–Kier alpha value is -2.40. The molecule has 2 aromatic rings. The van der Waals surface area contributed by atoms with E-state index in [-0.39, 0.29) is 13.0 Å². The molecule has 0 bridgehead atoms. The lowest BCUT2D eigenvalue weighted by Crippen LogP contribution is -2.30. The zero-order valence-corrected chi connectivity index (χ0v) is 18.6. The van der Waals surface area contributed by atoms with Crippen LogP contribution in [0.2, 0.25) is 0 Å². The molecule has 5 rings (SSSR count). The second kappa shape index (κ2) is 8.86. The first-order valence-corrected chi connectivity index (χ1v) is 11.8.